The van der Waals surface area contributed by atoms with Gasteiger partial charge in [-0.2, -0.15) is 13.2 Å². The van der Waals surface area contributed by atoms with Crippen molar-refractivity contribution in [2.45, 2.75) is 65.2 Å². The number of nitrogens with zero attached hydrogens (tertiary/aromatic N) is 3. The van der Waals surface area contributed by atoms with Crippen LogP contribution in [0.4, 0.5) is 24.8 Å². The Morgan fingerprint density at radius 2 is 1.92 bits per heavy atom. The van der Waals surface area contributed by atoms with Crippen LogP contribution in [0.5, 0.6) is 0 Å². The van der Waals surface area contributed by atoms with Crippen LogP contribution >= 0.6 is 11.3 Å². The molecule has 1 aliphatic carbocycles. The zero-order valence-corrected chi connectivity index (χ0v) is 21.8. The molecule has 0 bridgehead atoms. The fourth-order valence-corrected chi connectivity index (χ4v) is 6.48. The molecule has 0 aliphatic heterocycles. The highest BCUT2D eigenvalue weighted by molar-refractivity contribution is 7.15. The van der Waals surface area contributed by atoms with Crippen LogP contribution in [0.15, 0.2) is 36.7 Å². The second-order valence-corrected chi connectivity index (χ2v) is 11.4. The third kappa shape index (κ3) is 5.06. The van der Waals surface area contributed by atoms with Gasteiger partial charge in [-0.25, -0.2) is 15.0 Å². The van der Waals surface area contributed by atoms with E-state index in [1.807, 2.05) is 33.8 Å². The molecule has 1 aliphatic rings. The molecule has 11 heteroatoms. The highest BCUT2D eigenvalue weighted by Gasteiger charge is 2.58. The fourth-order valence-electron chi connectivity index (χ4n) is 5.46. The molecule has 2 atom stereocenters. The Kier molecular flexibility index (Phi) is 6.83. The predicted molar refractivity (Wildman–Crippen MR) is 134 cm³/mol. The number of carboxylic acid groups (broad SMARTS) is 1. The number of carbonyl (C=O) groups is 1. The normalized spacial score (nSPS) is 23.6. The van der Waals surface area contributed by atoms with Gasteiger partial charge in [0.2, 0.25) is 5.95 Å². The molecule has 0 spiro atoms. The van der Waals surface area contributed by atoms with Crippen LogP contribution in [0.2, 0.25) is 0 Å². The van der Waals surface area contributed by atoms with Crippen molar-refractivity contribution < 1.29 is 28.2 Å². The van der Waals surface area contributed by atoms with E-state index in [0.717, 1.165) is 28.3 Å². The van der Waals surface area contributed by atoms with Crippen molar-refractivity contribution in [1.82, 2.24) is 15.0 Å². The lowest BCUT2D eigenvalue weighted by atomic mass is 9.53. The minimum atomic E-state index is -4.58. The number of anilines is 2. The summed E-state index contributed by atoms with van der Waals surface area (Å²) in [6.45, 7) is 7.50. The third-order valence-corrected chi connectivity index (χ3v) is 8.72. The molecule has 37 heavy (non-hydrogen) atoms. The number of benzene rings is 1. The Labute approximate surface area is 216 Å². The molecule has 7 nitrogen and oxygen atoms in total. The van der Waals surface area contributed by atoms with Gasteiger partial charge in [-0.1, -0.05) is 26.8 Å². The SMILES string of the molecule is CC[C@@]1(C(=O)O)CC[C@@](O)(c2ncc(-c3cc(C)cc(Nc4nccc(C(F)(F)F)n4)c3)s2)CC1(C)C. The first-order valence-corrected chi connectivity index (χ1v) is 12.7. The van der Waals surface area contributed by atoms with Gasteiger partial charge < -0.3 is 15.5 Å². The van der Waals surface area contributed by atoms with Crippen molar-refractivity contribution in [3.63, 3.8) is 0 Å². The van der Waals surface area contributed by atoms with Crippen LogP contribution in [0, 0.1) is 17.8 Å². The highest BCUT2D eigenvalue weighted by atomic mass is 32.1. The molecule has 3 aromatic rings. The van der Waals surface area contributed by atoms with Crippen molar-refractivity contribution in [3.05, 3.63) is 52.9 Å². The summed E-state index contributed by atoms with van der Waals surface area (Å²) in [5, 5.41) is 24.9. The lowest BCUT2D eigenvalue weighted by molar-refractivity contribution is -0.174. The van der Waals surface area contributed by atoms with E-state index in [1.54, 1.807) is 18.3 Å². The zero-order chi connectivity index (χ0) is 27.2. The number of alkyl halides is 3. The molecular formula is C26H29F3N4O3S. The maximum absolute atomic E-state index is 13.0. The largest absolute Gasteiger partial charge is 0.481 e. The Hall–Kier alpha value is -3.05. The molecule has 3 N–H and O–H groups in total. The van der Waals surface area contributed by atoms with Crippen molar-refractivity contribution >= 4 is 28.9 Å². The average Bonchev–Trinajstić information content (AvgIpc) is 3.29. The summed E-state index contributed by atoms with van der Waals surface area (Å²) in [5.74, 6) is -1.01. The number of hydrogen-bond acceptors (Lipinski definition) is 7. The Balaban J connectivity index is 1.61. The summed E-state index contributed by atoms with van der Waals surface area (Å²) in [5.41, 5.74) is -1.73. The van der Waals surface area contributed by atoms with Gasteiger partial charge in [0.15, 0.2) is 0 Å². The second kappa shape index (κ2) is 9.36. The molecule has 1 aromatic carbocycles. The van der Waals surface area contributed by atoms with E-state index in [1.165, 1.54) is 11.3 Å². The third-order valence-electron chi connectivity index (χ3n) is 7.48. The van der Waals surface area contributed by atoms with E-state index >= 15 is 0 Å². The lowest BCUT2D eigenvalue weighted by Crippen LogP contribution is -2.52. The maximum Gasteiger partial charge on any atom is 0.433 e. The number of aliphatic carboxylic acids is 1. The number of carboxylic acids is 1. The number of thiazole rings is 1. The average molecular weight is 535 g/mol. The van der Waals surface area contributed by atoms with Crippen molar-refractivity contribution in [3.8, 4) is 10.4 Å². The summed E-state index contributed by atoms with van der Waals surface area (Å²) in [6, 6.07) is 6.25. The standard InChI is InChI=1S/C26H29F3N4O3S/c1-5-24(21(34)35)7-8-25(36,14-23(24,3)4)20-31-13-18(37-20)16-10-15(2)11-17(12-16)32-22-30-9-6-19(33-22)26(27,28)29/h6,9-13,36H,5,7-8,14H2,1-4H3,(H,34,35)(H,30,32,33)/t24-,25-/m0/s1. The van der Waals surface area contributed by atoms with E-state index in [9.17, 15) is 28.2 Å². The molecule has 4 rings (SSSR count). The predicted octanol–water partition coefficient (Wildman–Crippen LogP) is 6.55. The van der Waals surface area contributed by atoms with Crippen LogP contribution in [0.1, 0.15) is 62.7 Å². The number of nitrogens with one attached hydrogen (secondary N) is 1. The zero-order valence-electron chi connectivity index (χ0n) is 21.0. The van der Waals surface area contributed by atoms with Gasteiger partial charge in [0.1, 0.15) is 16.3 Å². The van der Waals surface area contributed by atoms with Gasteiger partial charge >= 0.3 is 12.1 Å². The first kappa shape index (κ1) is 27.0. The van der Waals surface area contributed by atoms with E-state index < -0.39 is 34.3 Å². The van der Waals surface area contributed by atoms with Gasteiger partial charge in [0.05, 0.1) is 10.3 Å². The van der Waals surface area contributed by atoms with Gasteiger partial charge in [-0.3, -0.25) is 4.79 Å². The van der Waals surface area contributed by atoms with Crippen LogP contribution in [0.25, 0.3) is 10.4 Å². The minimum absolute atomic E-state index is 0.173. The van der Waals surface area contributed by atoms with Crippen LogP contribution < -0.4 is 5.32 Å². The van der Waals surface area contributed by atoms with Crippen molar-refractivity contribution in [1.29, 1.82) is 0 Å². The van der Waals surface area contributed by atoms with Gasteiger partial charge in [0, 0.05) is 18.1 Å². The van der Waals surface area contributed by atoms with Crippen LogP contribution in [0.3, 0.4) is 0 Å². The molecule has 0 amide bonds. The smallest absolute Gasteiger partial charge is 0.433 e. The monoisotopic (exact) mass is 534 g/mol. The Morgan fingerprint density at radius 3 is 2.54 bits per heavy atom. The molecule has 1 fully saturated rings. The molecule has 0 unspecified atom stereocenters. The summed E-state index contributed by atoms with van der Waals surface area (Å²) < 4.78 is 39.1. The van der Waals surface area contributed by atoms with Gasteiger partial charge in [0.25, 0.3) is 0 Å². The van der Waals surface area contributed by atoms with E-state index in [0.29, 0.717) is 23.5 Å². The number of aromatic nitrogens is 3. The van der Waals surface area contributed by atoms with Crippen molar-refractivity contribution in [2.75, 3.05) is 5.32 Å². The number of aryl methyl sites for hydroxylation is 1. The van der Waals surface area contributed by atoms with Gasteiger partial charge in [-0.15, -0.1) is 11.3 Å². The van der Waals surface area contributed by atoms with Crippen LogP contribution in [-0.2, 0) is 16.6 Å². The van der Waals surface area contributed by atoms with Crippen LogP contribution in [-0.4, -0.2) is 31.1 Å². The number of halogens is 3. The number of rotatable bonds is 6. The summed E-state index contributed by atoms with van der Waals surface area (Å²) >= 11 is 1.32. The summed E-state index contributed by atoms with van der Waals surface area (Å²) in [7, 11) is 0. The molecule has 0 radical (unpaired) electrons. The van der Waals surface area contributed by atoms with E-state index in [4.69, 9.17) is 0 Å². The highest BCUT2D eigenvalue weighted by Crippen LogP contribution is 2.58. The number of aliphatic hydroxyl groups is 1. The van der Waals surface area contributed by atoms with Crippen molar-refractivity contribution in [2.24, 2.45) is 10.8 Å². The molecular weight excluding hydrogens is 505 g/mol. The van der Waals surface area contributed by atoms with E-state index in [-0.39, 0.29) is 18.8 Å². The Bertz CT molecular complexity index is 1330. The summed E-state index contributed by atoms with van der Waals surface area (Å²) in [4.78, 5) is 24.9. The molecule has 198 valence electrons. The molecule has 2 heterocycles. The first-order chi connectivity index (χ1) is 17.2. The lowest BCUT2D eigenvalue weighted by Gasteiger charge is -2.52. The van der Waals surface area contributed by atoms with Gasteiger partial charge in [-0.05, 0) is 67.3 Å². The second-order valence-electron chi connectivity index (χ2n) is 10.3. The van der Waals surface area contributed by atoms with E-state index in [2.05, 4.69) is 20.3 Å². The summed E-state index contributed by atoms with van der Waals surface area (Å²) in [6.07, 6.45) is -0.504. The number of hydrogen-bond donors (Lipinski definition) is 3. The fraction of sp³-hybridized carbons (Fsp3) is 0.462. The quantitative estimate of drug-likeness (QED) is 0.329. The minimum Gasteiger partial charge on any atom is -0.481 e. The molecule has 2 aromatic heterocycles. The topological polar surface area (TPSA) is 108 Å². The maximum atomic E-state index is 13.0. The Morgan fingerprint density at radius 1 is 1.19 bits per heavy atom. The first-order valence-electron chi connectivity index (χ1n) is 11.9. The molecule has 0 saturated heterocycles. The molecule has 1 saturated carbocycles.